The Kier molecular flexibility index (Phi) is 4.15. The maximum atomic E-state index is 11.6. The van der Waals surface area contributed by atoms with E-state index >= 15 is 0 Å². The third-order valence-corrected chi connectivity index (χ3v) is 4.51. The van der Waals surface area contributed by atoms with Crippen molar-refractivity contribution >= 4 is 6.16 Å². The van der Waals surface area contributed by atoms with Crippen LogP contribution in [-0.4, -0.2) is 47.9 Å². The number of ether oxygens (including phenoxy) is 1. The van der Waals surface area contributed by atoms with Gasteiger partial charge in [0.05, 0.1) is 18.7 Å². The molecule has 5 nitrogen and oxygen atoms in total. The molecule has 2 saturated heterocycles. The molecule has 0 radical (unpaired) electrons. The molecule has 3 rings (SSSR count). The summed E-state index contributed by atoms with van der Waals surface area (Å²) in [5.74, 6) is 0. The molecule has 20 heavy (non-hydrogen) atoms. The van der Waals surface area contributed by atoms with Crippen LogP contribution in [-0.2, 0) is 9.57 Å². The van der Waals surface area contributed by atoms with Crippen molar-refractivity contribution in [1.82, 2.24) is 9.96 Å². The maximum absolute atomic E-state index is 11.6. The summed E-state index contributed by atoms with van der Waals surface area (Å²) < 4.78 is 4.90. The molecule has 0 N–H and O–H groups in total. The topological polar surface area (TPSA) is 42.0 Å². The van der Waals surface area contributed by atoms with Crippen molar-refractivity contribution in [2.24, 2.45) is 0 Å². The third kappa shape index (κ3) is 2.77. The molecule has 0 aromatic rings. The molecule has 5 heteroatoms. The molecular formula is C15H24N2O3. The quantitative estimate of drug-likeness (QED) is 0.744. The summed E-state index contributed by atoms with van der Waals surface area (Å²) in [6.45, 7) is 4.52. The van der Waals surface area contributed by atoms with Gasteiger partial charge in [-0.15, -0.1) is 5.06 Å². The van der Waals surface area contributed by atoms with Crippen LogP contribution in [0.15, 0.2) is 11.8 Å². The van der Waals surface area contributed by atoms with Crippen molar-refractivity contribution in [1.29, 1.82) is 0 Å². The van der Waals surface area contributed by atoms with Crippen LogP contribution in [0, 0.1) is 0 Å². The van der Waals surface area contributed by atoms with Crippen LogP contribution >= 0.6 is 0 Å². The maximum Gasteiger partial charge on any atom is 0.527 e. The van der Waals surface area contributed by atoms with Gasteiger partial charge in [-0.2, -0.15) is 0 Å². The molecule has 0 aliphatic carbocycles. The number of likely N-dealkylation sites (tertiary alicyclic amines) is 1. The molecule has 0 spiro atoms. The minimum atomic E-state index is -0.567. The summed E-state index contributed by atoms with van der Waals surface area (Å²) in [6, 6.07) is 0.543. The van der Waals surface area contributed by atoms with Crippen molar-refractivity contribution in [2.45, 2.75) is 57.5 Å². The molecule has 2 fully saturated rings. The number of piperidine rings is 1. The van der Waals surface area contributed by atoms with Crippen LogP contribution in [0.4, 0.5) is 4.79 Å². The minimum absolute atomic E-state index is 0.225. The second-order valence-electron chi connectivity index (χ2n) is 5.84. The molecule has 0 amide bonds. The Labute approximate surface area is 120 Å². The molecule has 112 valence electrons. The molecule has 3 aliphatic heterocycles. The molecule has 3 aliphatic rings. The number of rotatable bonds is 3. The number of carbonyl (C=O) groups is 1. The fourth-order valence-electron chi connectivity index (χ4n) is 3.58. The Hall–Kier alpha value is -1.23. The zero-order valence-electron chi connectivity index (χ0n) is 12.2. The van der Waals surface area contributed by atoms with Gasteiger partial charge in [-0.25, -0.2) is 4.79 Å². The van der Waals surface area contributed by atoms with Crippen LogP contribution in [0.25, 0.3) is 0 Å². The largest absolute Gasteiger partial charge is 0.527 e. The monoisotopic (exact) mass is 280 g/mol. The van der Waals surface area contributed by atoms with Crippen molar-refractivity contribution in [2.75, 3.05) is 19.7 Å². The van der Waals surface area contributed by atoms with Gasteiger partial charge in [-0.1, -0.05) is 0 Å². The molecule has 3 heterocycles. The first kappa shape index (κ1) is 13.7. The average molecular weight is 280 g/mol. The summed E-state index contributed by atoms with van der Waals surface area (Å²) in [7, 11) is 0. The van der Waals surface area contributed by atoms with E-state index in [4.69, 9.17) is 9.57 Å². The number of hydrogen-bond acceptors (Lipinski definition) is 5. The van der Waals surface area contributed by atoms with Crippen LogP contribution < -0.4 is 0 Å². The van der Waals surface area contributed by atoms with E-state index in [2.05, 4.69) is 11.0 Å². The Morgan fingerprint density at radius 2 is 2.10 bits per heavy atom. The van der Waals surface area contributed by atoms with E-state index in [1.165, 1.54) is 38.0 Å². The second kappa shape index (κ2) is 6.04. The average Bonchev–Trinajstić information content (AvgIpc) is 2.92. The lowest BCUT2D eigenvalue weighted by Gasteiger charge is -2.44. The fourth-order valence-corrected chi connectivity index (χ4v) is 3.58. The number of fused-ring (bicyclic) bond motifs is 2. The van der Waals surface area contributed by atoms with Crippen molar-refractivity contribution < 1.29 is 14.4 Å². The lowest BCUT2D eigenvalue weighted by molar-refractivity contribution is -0.189. The summed E-state index contributed by atoms with van der Waals surface area (Å²) in [4.78, 5) is 19.5. The number of carbonyl (C=O) groups excluding carboxylic acids is 1. The highest BCUT2D eigenvalue weighted by Gasteiger charge is 2.38. The Bertz CT molecular complexity index is 391. The van der Waals surface area contributed by atoms with Crippen LogP contribution in [0.3, 0.4) is 0 Å². The van der Waals surface area contributed by atoms with E-state index in [9.17, 15) is 4.79 Å². The SMILES string of the molecule is CCOC(=O)ON1C2C=C(N3CCCC3)CC1CCC2. The van der Waals surface area contributed by atoms with E-state index in [0.717, 1.165) is 19.3 Å². The zero-order valence-corrected chi connectivity index (χ0v) is 12.2. The first-order valence-corrected chi connectivity index (χ1v) is 7.86. The van der Waals surface area contributed by atoms with E-state index in [0.29, 0.717) is 12.6 Å². The van der Waals surface area contributed by atoms with Gasteiger partial charge in [0.25, 0.3) is 0 Å². The summed E-state index contributed by atoms with van der Waals surface area (Å²) in [6.07, 6.45) is 8.71. The molecule has 2 unspecified atom stereocenters. The van der Waals surface area contributed by atoms with Gasteiger partial charge in [-0.05, 0) is 45.1 Å². The number of nitrogens with zero attached hydrogens (tertiary/aromatic N) is 2. The van der Waals surface area contributed by atoms with Gasteiger partial charge in [0.15, 0.2) is 0 Å². The van der Waals surface area contributed by atoms with E-state index in [1.54, 1.807) is 6.92 Å². The number of hydroxylamine groups is 2. The van der Waals surface area contributed by atoms with Gasteiger partial charge in [0.2, 0.25) is 0 Å². The summed E-state index contributed by atoms with van der Waals surface area (Å²) >= 11 is 0. The fraction of sp³-hybridized carbons (Fsp3) is 0.800. The highest BCUT2D eigenvalue weighted by molar-refractivity contribution is 5.59. The van der Waals surface area contributed by atoms with Gasteiger partial charge in [0.1, 0.15) is 0 Å². The highest BCUT2D eigenvalue weighted by atomic mass is 16.8. The third-order valence-electron chi connectivity index (χ3n) is 4.51. The number of hydrogen-bond donors (Lipinski definition) is 0. The first-order chi connectivity index (χ1) is 9.78. The van der Waals surface area contributed by atoms with Gasteiger partial charge < -0.3 is 14.5 Å². The van der Waals surface area contributed by atoms with Gasteiger partial charge >= 0.3 is 6.16 Å². The predicted molar refractivity (Wildman–Crippen MR) is 74.9 cm³/mol. The van der Waals surface area contributed by atoms with Gasteiger partial charge in [0, 0.05) is 25.2 Å². The minimum Gasteiger partial charge on any atom is -0.433 e. The Morgan fingerprint density at radius 1 is 1.30 bits per heavy atom. The van der Waals surface area contributed by atoms with E-state index in [-0.39, 0.29) is 6.04 Å². The lowest BCUT2D eigenvalue weighted by Crippen LogP contribution is -2.50. The molecule has 0 saturated carbocycles. The summed E-state index contributed by atoms with van der Waals surface area (Å²) in [5, 5.41) is 1.88. The zero-order chi connectivity index (χ0) is 13.9. The normalized spacial score (nSPS) is 30.1. The standard InChI is InChI=1S/C15H24N2O3/c1-2-19-15(18)20-17-12-6-5-7-13(17)11-14(10-12)16-8-3-4-9-16/h10,12-13H,2-9,11H2,1H3. The second-order valence-corrected chi connectivity index (χ2v) is 5.84. The smallest absolute Gasteiger partial charge is 0.433 e. The Morgan fingerprint density at radius 3 is 2.80 bits per heavy atom. The van der Waals surface area contributed by atoms with Crippen molar-refractivity contribution in [3.63, 3.8) is 0 Å². The van der Waals surface area contributed by atoms with Crippen LogP contribution in [0.1, 0.15) is 45.4 Å². The molecule has 0 aromatic heterocycles. The Balaban J connectivity index is 1.69. The van der Waals surface area contributed by atoms with Gasteiger partial charge in [-0.3, -0.25) is 0 Å². The molecular weight excluding hydrogens is 256 g/mol. The molecule has 2 bridgehead atoms. The first-order valence-electron chi connectivity index (χ1n) is 7.86. The van der Waals surface area contributed by atoms with Crippen molar-refractivity contribution in [3.05, 3.63) is 11.8 Å². The highest BCUT2D eigenvalue weighted by Crippen LogP contribution is 2.35. The molecule has 2 atom stereocenters. The predicted octanol–water partition coefficient (Wildman–Crippen LogP) is 2.68. The van der Waals surface area contributed by atoms with E-state index in [1.807, 2.05) is 5.06 Å². The lowest BCUT2D eigenvalue weighted by atomic mass is 9.89. The van der Waals surface area contributed by atoms with E-state index < -0.39 is 6.16 Å². The van der Waals surface area contributed by atoms with Crippen LogP contribution in [0.5, 0.6) is 0 Å². The summed E-state index contributed by atoms with van der Waals surface area (Å²) in [5.41, 5.74) is 1.46. The van der Waals surface area contributed by atoms with Crippen LogP contribution in [0.2, 0.25) is 0 Å². The van der Waals surface area contributed by atoms with Crippen molar-refractivity contribution in [3.8, 4) is 0 Å². The molecule has 0 aromatic carbocycles.